The van der Waals surface area contributed by atoms with Gasteiger partial charge >= 0.3 is 6.18 Å². The average Bonchev–Trinajstić information content (AvgIpc) is 2.86. The summed E-state index contributed by atoms with van der Waals surface area (Å²) in [5, 5.41) is 0. The Labute approximate surface area is 234 Å². The number of likely N-dealkylation sites (N-methyl/N-ethyl adjacent to an activating group) is 1. The standard InChI is InChI=1S/C28H33BrF4N4O2/c1-35(27(39)21-12-22(28(31,32)33)14-23(29)13-21)15-20(18-2-4-24(30)5-3-18)6-9-36-16-25(17-36)37-10-7-19(8-11-37)26(34)38/h2-5,12-14,19-20,25H,6-11,15-17H2,1H3,(H2,34,38). The van der Waals surface area contributed by atoms with E-state index in [-0.39, 0.29) is 40.1 Å². The highest BCUT2D eigenvalue weighted by Gasteiger charge is 2.35. The molecule has 11 heteroatoms. The van der Waals surface area contributed by atoms with E-state index in [1.165, 1.54) is 23.1 Å². The smallest absolute Gasteiger partial charge is 0.369 e. The first-order valence-electron chi connectivity index (χ1n) is 13.0. The van der Waals surface area contributed by atoms with Crippen LogP contribution in [0.2, 0.25) is 0 Å². The van der Waals surface area contributed by atoms with E-state index in [1.807, 2.05) is 0 Å². The molecule has 0 saturated carbocycles. The molecule has 0 radical (unpaired) electrons. The van der Waals surface area contributed by atoms with E-state index in [2.05, 4.69) is 25.7 Å². The number of carbonyl (C=O) groups excluding carboxylic acids is 2. The van der Waals surface area contributed by atoms with Crippen LogP contribution >= 0.6 is 15.9 Å². The molecular weight excluding hydrogens is 580 g/mol. The Morgan fingerprint density at radius 1 is 1.10 bits per heavy atom. The van der Waals surface area contributed by atoms with Crippen LogP contribution in [0.3, 0.4) is 0 Å². The lowest BCUT2D eigenvalue weighted by Gasteiger charge is -2.47. The van der Waals surface area contributed by atoms with Gasteiger partial charge in [-0.2, -0.15) is 13.2 Å². The van der Waals surface area contributed by atoms with Crippen LogP contribution in [-0.4, -0.2) is 78.9 Å². The van der Waals surface area contributed by atoms with Gasteiger partial charge in [-0.3, -0.25) is 14.5 Å². The number of amides is 2. The number of rotatable bonds is 9. The van der Waals surface area contributed by atoms with Crippen molar-refractivity contribution in [2.24, 2.45) is 11.7 Å². The van der Waals surface area contributed by atoms with Crippen LogP contribution in [0, 0.1) is 11.7 Å². The molecule has 2 saturated heterocycles. The number of benzene rings is 2. The van der Waals surface area contributed by atoms with Crippen molar-refractivity contribution < 1.29 is 27.2 Å². The van der Waals surface area contributed by atoms with E-state index in [0.29, 0.717) is 12.5 Å². The van der Waals surface area contributed by atoms with Crippen molar-refractivity contribution in [3.8, 4) is 0 Å². The summed E-state index contributed by atoms with van der Waals surface area (Å²) in [5.74, 6) is -1.26. The van der Waals surface area contributed by atoms with Crippen LogP contribution in [-0.2, 0) is 11.0 Å². The fourth-order valence-electron chi connectivity index (χ4n) is 5.45. The quantitative estimate of drug-likeness (QED) is 0.416. The normalized spacial score (nSPS) is 18.5. The van der Waals surface area contributed by atoms with E-state index < -0.39 is 17.6 Å². The molecule has 0 aromatic heterocycles. The Morgan fingerprint density at radius 2 is 1.74 bits per heavy atom. The molecule has 0 aliphatic carbocycles. The largest absolute Gasteiger partial charge is 0.416 e. The molecule has 2 aliphatic rings. The number of hydrogen-bond acceptors (Lipinski definition) is 4. The maximum absolute atomic E-state index is 13.6. The first-order valence-corrected chi connectivity index (χ1v) is 13.8. The summed E-state index contributed by atoms with van der Waals surface area (Å²) in [5.41, 5.74) is 5.36. The Kier molecular flexibility index (Phi) is 9.33. The summed E-state index contributed by atoms with van der Waals surface area (Å²) >= 11 is 3.08. The fraction of sp³-hybridized carbons (Fsp3) is 0.500. The maximum atomic E-state index is 13.6. The zero-order valence-corrected chi connectivity index (χ0v) is 23.3. The van der Waals surface area contributed by atoms with Crippen LogP contribution in [0.1, 0.15) is 46.7 Å². The third-order valence-corrected chi connectivity index (χ3v) is 8.29. The molecule has 4 rings (SSSR count). The van der Waals surface area contributed by atoms with E-state index in [4.69, 9.17) is 5.73 Å². The highest BCUT2D eigenvalue weighted by molar-refractivity contribution is 9.10. The summed E-state index contributed by atoms with van der Waals surface area (Å²) in [7, 11) is 1.57. The third kappa shape index (κ3) is 7.58. The number of nitrogens with zero attached hydrogens (tertiary/aromatic N) is 3. The molecule has 2 aliphatic heterocycles. The molecule has 1 atom stereocenters. The molecule has 0 bridgehead atoms. The van der Waals surface area contributed by atoms with Gasteiger partial charge in [-0.15, -0.1) is 0 Å². The maximum Gasteiger partial charge on any atom is 0.416 e. The molecule has 2 fully saturated rings. The van der Waals surface area contributed by atoms with Gasteiger partial charge in [0.05, 0.1) is 5.56 Å². The van der Waals surface area contributed by atoms with Crippen molar-refractivity contribution in [2.45, 2.75) is 37.4 Å². The minimum absolute atomic E-state index is 0.0364. The second-order valence-electron chi connectivity index (χ2n) is 10.6. The van der Waals surface area contributed by atoms with Gasteiger partial charge < -0.3 is 15.5 Å². The van der Waals surface area contributed by atoms with Gasteiger partial charge in [0.1, 0.15) is 5.82 Å². The topological polar surface area (TPSA) is 69.9 Å². The molecule has 2 aromatic carbocycles. The number of likely N-dealkylation sites (tertiary alicyclic amines) is 2. The van der Waals surface area contributed by atoms with E-state index >= 15 is 0 Å². The predicted octanol–water partition coefficient (Wildman–Crippen LogP) is 4.73. The van der Waals surface area contributed by atoms with Gasteiger partial charge in [0.2, 0.25) is 5.91 Å². The summed E-state index contributed by atoms with van der Waals surface area (Å²) < 4.78 is 53.6. The second-order valence-corrected chi connectivity index (χ2v) is 11.5. The number of hydrogen-bond donors (Lipinski definition) is 1. The summed E-state index contributed by atoms with van der Waals surface area (Å²) in [6.45, 7) is 4.59. The number of alkyl halides is 3. The van der Waals surface area contributed by atoms with E-state index in [0.717, 1.165) is 63.3 Å². The molecule has 2 N–H and O–H groups in total. The highest BCUT2D eigenvalue weighted by Crippen LogP contribution is 2.33. The number of halogens is 5. The van der Waals surface area contributed by atoms with E-state index in [1.54, 1.807) is 19.2 Å². The van der Waals surface area contributed by atoms with Crippen molar-refractivity contribution in [3.05, 3.63) is 69.4 Å². The molecule has 39 heavy (non-hydrogen) atoms. The minimum Gasteiger partial charge on any atom is -0.369 e. The van der Waals surface area contributed by atoms with Crippen LogP contribution < -0.4 is 5.73 Å². The van der Waals surface area contributed by atoms with Gasteiger partial charge in [0.25, 0.3) is 5.91 Å². The Balaban J connectivity index is 1.37. The molecule has 0 spiro atoms. The Bertz CT molecular complexity index is 1160. The molecule has 2 aromatic rings. The summed E-state index contributed by atoms with van der Waals surface area (Å²) in [6, 6.07) is 9.77. The van der Waals surface area contributed by atoms with Crippen molar-refractivity contribution in [3.63, 3.8) is 0 Å². The second kappa shape index (κ2) is 12.3. The zero-order valence-electron chi connectivity index (χ0n) is 21.8. The van der Waals surface area contributed by atoms with Crippen molar-refractivity contribution in [1.82, 2.24) is 14.7 Å². The molecule has 2 heterocycles. The Morgan fingerprint density at radius 3 is 2.33 bits per heavy atom. The SMILES string of the molecule is CN(CC(CCN1CC(N2CCC(C(N)=O)CC2)C1)c1ccc(F)cc1)C(=O)c1cc(Br)cc(C(F)(F)F)c1. The van der Waals surface area contributed by atoms with Gasteiger partial charge in [0, 0.05) is 54.6 Å². The molecule has 6 nitrogen and oxygen atoms in total. The number of nitrogens with two attached hydrogens (primary N) is 1. The predicted molar refractivity (Wildman–Crippen MR) is 144 cm³/mol. The van der Waals surface area contributed by atoms with Gasteiger partial charge in [0.15, 0.2) is 0 Å². The molecule has 1 unspecified atom stereocenters. The molecule has 212 valence electrons. The number of piperidine rings is 1. The molecule has 2 amide bonds. The molecular formula is C28H33BrF4N4O2. The van der Waals surface area contributed by atoms with Crippen LogP contribution in [0.25, 0.3) is 0 Å². The van der Waals surface area contributed by atoms with Crippen molar-refractivity contribution >= 4 is 27.7 Å². The highest BCUT2D eigenvalue weighted by atomic mass is 79.9. The summed E-state index contributed by atoms with van der Waals surface area (Å²) in [4.78, 5) is 30.7. The average molecular weight is 613 g/mol. The van der Waals surface area contributed by atoms with Gasteiger partial charge in [-0.25, -0.2) is 4.39 Å². The van der Waals surface area contributed by atoms with Crippen molar-refractivity contribution in [1.29, 1.82) is 0 Å². The minimum atomic E-state index is -4.57. The van der Waals surface area contributed by atoms with Gasteiger partial charge in [-0.05, 0) is 74.8 Å². The third-order valence-electron chi connectivity index (χ3n) is 7.83. The zero-order chi connectivity index (χ0) is 28.3. The number of carbonyl (C=O) groups is 2. The van der Waals surface area contributed by atoms with Crippen LogP contribution in [0.15, 0.2) is 46.9 Å². The van der Waals surface area contributed by atoms with Crippen molar-refractivity contribution in [2.75, 3.05) is 46.3 Å². The number of primary amides is 1. The van der Waals surface area contributed by atoms with Crippen LogP contribution in [0.5, 0.6) is 0 Å². The monoisotopic (exact) mass is 612 g/mol. The summed E-state index contributed by atoms with van der Waals surface area (Å²) in [6.07, 6.45) is -2.28. The lowest BCUT2D eigenvalue weighted by molar-refractivity contribution is -0.137. The first kappa shape index (κ1) is 29.5. The fourth-order valence-corrected chi connectivity index (χ4v) is 5.95. The van der Waals surface area contributed by atoms with Gasteiger partial charge in [-0.1, -0.05) is 28.1 Å². The van der Waals surface area contributed by atoms with E-state index in [9.17, 15) is 27.2 Å². The van der Waals surface area contributed by atoms with Crippen LogP contribution in [0.4, 0.5) is 17.6 Å². The Hall–Kier alpha value is -2.50. The first-order chi connectivity index (χ1) is 18.4. The lowest BCUT2D eigenvalue weighted by atomic mass is 9.92. The lowest BCUT2D eigenvalue weighted by Crippen LogP contribution is -2.61.